The number of halogens is 1. The van der Waals surface area contributed by atoms with Crippen LogP contribution < -0.4 is 5.73 Å². The van der Waals surface area contributed by atoms with Gasteiger partial charge in [-0.15, -0.1) is 0 Å². The standard InChI is InChI=1S/C13H18ClNO/c1-13(2,3)12(15)11(16)8-9-4-6-10(14)7-5-9/h4-7,12H,8,15H2,1-3H3. The molecule has 0 aliphatic heterocycles. The van der Waals surface area contributed by atoms with Crippen molar-refractivity contribution in [1.29, 1.82) is 0 Å². The lowest BCUT2D eigenvalue weighted by Crippen LogP contribution is -2.43. The first-order valence-electron chi connectivity index (χ1n) is 5.33. The monoisotopic (exact) mass is 239 g/mol. The van der Waals surface area contributed by atoms with Crippen LogP contribution >= 0.6 is 11.6 Å². The van der Waals surface area contributed by atoms with E-state index < -0.39 is 6.04 Å². The Bertz CT molecular complexity index is 365. The molecule has 3 heteroatoms. The van der Waals surface area contributed by atoms with Crippen molar-refractivity contribution < 1.29 is 4.79 Å². The molecule has 1 aromatic carbocycles. The number of rotatable bonds is 3. The number of ketones is 1. The molecule has 16 heavy (non-hydrogen) atoms. The minimum Gasteiger partial charge on any atom is -0.321 e. The first kappa shape index (κ1) is 13.2. The fourth-order valence-electron chi connectivity index (χ4n) is 1.40. The van der Waals surface area contributed by atoms with Gasteiger partial charge in [0.25, 0.3) is 0 Å². The normalized spacial score (nSPS) is 13.6. The van der Waals surface area contributed by atoms with Crippen LogP contribution in [-0.2, 0) is 11.2 Å². The highest BCUT2D eigenvalue weighted by Gasteiger charge is 2.26. The van der Waals surface area contributed by atoms with E-state index in [0.717, 1.165) is 5.56 Å². The van der Waals surface area contributed by atoms with Gasteiger partial charge >= 0.3 is 0 Å². The van der Waals surface area contributed by atoms with Gasteiger partial charge in [0.2, 0.25) is 0 Å². The molecule has 0 bridgehead atoms. The van der Waals surface area contributed by atoms with E-state index in [1.165, 1.54) is 0 Å². The molecule has 0 saturated carbocycles. The van der Waals surface area contributed by atoms with Crippen molar-refractivity contribution in [2.24, 2.45) is 11.1 Å². The number of Topliss-reactive ketones (excluding diaryl/α,β-unsaturated/α-hetero) is 1. The fourth-order valence-corrected chi connectivity index (χ4v) is 1.52. The Labute approximate surface area is 102 Å². The molecule has 2 N–H and O–H groups in total. The smallest absolute Gasteiger partial charge is 0.154 e. The molecule has 0 heterocycles. The lowest BCUT2D eigenvalue weighted by Gasteiger charge is -2.25. The number of hydrogen-bond donors (Lipinski definition) is 1. The molecular formula is C13H18ClNO. The average molecular weight is 240 g/mol. The maximum absolute atomic E-state index is 11.9. The summed E-state index contributed by atoms with van der Waals surface area (Å²) >= 11 is 5.77. The third-order valence-electron chi connectivity index (χ3n) is 2.57. The van der Waals surface area contributed by atoms with E-state index in [2.05, 4.69) is 0 Å². The highest BCUT2D eigenvalue weighted by atomic mass is 35.5. The molecule has 88 valence electrons. The van der Waals surface area contributed by atoms with E-state index in [1.807, 2.05) is 32.9 Å². The zero-order valence-electron chi connectivity index (χ0n) is 9.96. The average Bonchev–Trinajstić information content (AvgIpc) is 2.19. The van der Waals surface area contributed by atoms with Crippen LogP contribution in [0, 0.1) is 5.41 Å². The second kappa shape index (κ2) is 4.98. The van der Waals surface area contributed by atoms with Gasteiger partial charge in [-0.25, -0.2) is 0 Å². The van der Waals surface area contributed by atoms with Crippen molar-refractivity contribution in [3.63, 3.8) is 0 Å². The van der Waals surface area contributed by atoms with E-state index in [-0.39, 0.29) is 11.2 Å². The van der Waals surface area contributed by atoms with Crippen molar-refractivity contribution in [2.75, 3.05) is 0 Å². The highest BCUT2D eigenvalue weighted by Crippen LogP contribution is 2.19. The van der Waals surface area contributed by atoms with Crippen LogP contribution in [0.4, 0.5) is 0 Å². The topological polar surface area (TPSA) is 43.1 Å². The Morgan fingerprint density at radius 2 is 1.81 bits per heavy atom. The van der Waals surface area contributed by atoms with Gasteiger partial charge in [0.05, 0.1) is 6.04 Å². The van der Waals surface area contributed by atoms with E-state index in [9.17, 15) is 4.79 Å². The van der Waals surface area contributed by atoms with Crippen LogP contribution in [0.2, 0.25) is 5.02 Å². The molecule has 0 aliphatic rings. The number of benzene rings is 1. The van der Waals surface area contributed by atoms with Gasteiger partial charge in [-0.05, 0) is 23.1 Å². The largest absolute Gasteiger partial charge is 0.321 e. The third-order valence-corrected chi connectivity index (χ3v) is 2.82. The summed E-state index contributed by atoms with van der Waals surface area (Å²) in [5.41, 5.74) is 6.66. The molecule has 0 fully saturated rings. The summed E-state index contributed by atoms with van der Waals surface area (Å²) < 4.78 is 0. The van der Waals surface area contributed by atoms with Crippen LogP contribution in [0.25, 0.3) is 0 Å². The molecule has 0 radical (unpaired) electrons. The second-order valence-corrected chi connectivity index (χ2v) is 5.55. The van der Waals surface area contributed by atoms with Crippen LogP contribution in [-0.4, -0.2) is 11.8 Å². The first-order chi connectivity index (χ1) is 7.30. The van der Waals surface area contributed by atoms with Crippen LogP contribution in [0.15, 0.2) is 24.3 Å². The van der Waals surface area contributed by atoms with Crippen LogP contribution in [0.3, 0.4) is 0 Å². The molecule has 0 saturated heterocycles. The zero-order valence-corrected chi connectivity index (χ0v) is 10.7. The van der Waals surface area contributed by atoms with Crippen molar-refractivity contribution in [2.45, 2.75) is 33.2 Å². The minimum atomic E-state index is -0.428. The summed E-state index contributed by atoms with van der Waals surface area (Å²) in [5.74, 6) is 0.0647. The third kappa shape index (κ3) is 3.62. The summed E-state index contributed by atoms with van der Waals surface area (Å²) in [7, 11) is 0. The number of hydrogen-bond acceptors (Lipinski definition) is 2. The molecular weight excluding hydrogens is 222 g/mol. The van der Waals surface area contributed by atoms with Gasteiger partial charge < -0.3 is 5.73 Å². The summed E-state index contributed by atoms with van der Waals surface area (Å²) in [6.07, 6.45) is 0.371. The zero-order chi connectivity index (χ0) is 12.3. The Kier molecular flexibility index (Phi) is 4.11. The molecule has 0 amide bonds. The van der Waals surface area contributed by atoms with E-state index in [0.29, 0.717) is 11.4 Å². The maximum atomic E-state index is 11.9. The molecule has 0 aromatic heterocycles. The van der Waals surface area contributed by atoms with Gasteiger partial charge in [0.1, 0.15) is 0 Å². The Hall–Kier alpha value is -0.860. The molecule has 1 unspecified atom stereocenters. The molecule has 0 spiro atoms. The molecule has 1 aromatic rings. The van der Waals surface area contributed by atoms with Crippen molar-refractivity contribution >= 4 is 17.4 Å². The van der Waals surface area contributed by atoms with E-state index in [1.54, 1.807) is 12.1 Å². The first-order valence-corrected chi connectivity index (χ1v) is 5.71. The highest BCUT2D eigenvalue weighted by molar-refractivity contribution is 6.30. The van der Waals surface area contributed by atoms with Gasteiger partial charge in [-0.3, -0.25) is 4.79 Å². The predicted molar refractivity (Wildman–Crippen MR) is 67.6 cm³/mol. The summed E-state index contributed by atoms with van der Waals surface area (Å²) in [6, 6.07) is 6.85. The van der Waals surface area contributed by atoms with E-state index >= 15 is 0 Å². The fraction of sp³-hybridized carbons (Fsp3) is 0.462. The van der Waals surface area contributed by atoms with Crippen LogP contribution in [0.5, 0.6) is 0 Å². The SMILES string of the molecule is CC(C)(C)C(N)C(=O)Cc1ccc(Cl)cc1. The van der Waals surface area contributed by atoms with Gasteiger partial charge in [0, 0.05) is 11.4 Å². The maximum Gasteiger partial charge on any atom is 0.154 e. The van der Waals surface area contributed by atoms with Gasteiger partial charge in [-0.2, -0.15) is 0 Å². The number of carbonyl (C=O) groups excluding carboxylic acids is 1. The molecule has 2 nitrogen and oxygen atoms in total. The number of nitrogens with two attached hydrogens (primary N) is 1. The summed E-state index contributed by atoms with van der Waals surface area (Å²) in [5, 5.41) is 0.677. The second-order valence-electron chi connectivity index (χ2n) is 5.11. The minimum absolute atomic E-state index is 0.0647. The summed E-state index contributed by atoms with van der Waals surface area (Å²) in [6.45, 7) is 5.91. The van der Waals surface area contributed by atoms with Crippen molar-refractivity contribution in [1.82, 2.24) is 0 Å². The number of carbonyl (C=O) groups is 1. The van der Waals surface area contributed by atoms with Crippen molar-refractivity contribution in [3.05, 3.63) is 34.9 Å². The van der Waals surface area contributed by atoms with E-state index in [4.69, 9.17) is 17.3 Å². The van der Waals surface area contributed by atoms with Crippen molar-refractivity contribution in [3.8, 4) is 0 Å². The van der Waals surface area contributed by atoms with Gasteiger partial charge in [-0.1, -0.05) is 44.5 Å². The Morgan fingerprint density at radius 1 is 1.31 bits per heavy atom. The van der Waals surface area contributed by atoms with Gasteiger partial charge in [0.15, 0.2) is 5.78 Å². The molecule has 0 aliphatic carbocycles. The quantitative estimate of drug-likeness (QED) is 0.882. The lowest BCUT2D eigenvalue weighted by atomic mass is 9.83. The summed E-state index contributed by atoms with van der Waals surface area (Å²) in [4.78, 5) is 11.9. The molecule has 1 rings (SSSR count). The molecule has 1 atom stereocenters. The van der Waals surface area contributed by atoms with Crippen LogP contribution in [0.1, 0.15) is 26.3 Å². The predicted octanol–water partition coefficient (Wildman–Crippen LogP) is 2.83. The Balaban J connectivity index is 2.68. The Morgan fingerprint density at radius 3 is 2.25 bits per heavy atom. The lowest BCUT2D eigenvalue weighted by molar-refractivity contribution is -0.121.